The monoisotopic (exact) mass is 968 g/mol. The third-order valence-electron chi connectivity index (χ3n) is 14.9. The van der Waals surface area contributed by atoms with Crippen LogP contribution in [0.25, 0.3) is 0 Å². The van der Waals surface area contributed by atoms with E-state index < -0.39 is 12.1 Å². The lowest BCUT2D eigenvalue weighted by Gasteiger charge is -2.22. The lowest BCUT2D eigenvalue weighted by Crippen LogP contribution is -2.45. The van der Waals surface area contributed by atoms with E-state index in [1.165, 1.54) is 289 Å². The van der Waals surface area contributed by atoms with Gasteiger partial charge in [0.1, 0.15) is 0 Å². The van der Waals surface area contributed by atoms with E-state index in [0.29, 0.717) is 12.8 Å². The molecule has 0 aliphatic heterocycles. The highest BCUT2D eigenvalue weighted by molar-refractivity contribution is 5.76. The lowest BCUT2D eigenvalue weighted by atomic mass is 10.0. The maximum absolute atomic E-state index is 12.5. The molecule has 0 aliphatic rings. The Morgan fingerprint density at radius 2 is 0.594 bits per heavy atom. The molecule has 0 spiro atoms. The molecule has 0 rings (SSSR count). The number of amides is 1. The first-order valence-electron chi connectivity index (χ1n) is 31.7. The van der Waals surface area contributed by atoms with Gasteiger partial charge >= 0.3 is 0 Å². The maximum atomic E-state index is 12.5. The van der Waals surface area contributed by atoms with Crippen molar-refractivity contribution in [2.24, 2.45) is 0 Å². The summed E-state index contributed by atoms with van der Waals surface area (Å²) in [6.07, 6.45) is 83.1. The van der Waals surface area contributed by atoms with Crippen molar-refractivity contribution in [3.05, 3.63) is 36.5 Å². The standard InChI is InChI=1S/C65H125NO3/c1-3-5-7-9-11-13-15-17-19-21-23-25-26-27-28-29-30-31-32-33-34-35-36-37-38-39-40-41-43-45-47-49-51-53-55-57-59-61-65(69)66-63(62-67)64(68)60-58-56-54-52-50-48-46-44-42-24-22-20-18-16-14-12-10-8-6-4-2/h15,17,21,23,26-27,63-64,67-68H,3-14,16,18-20,22,24-25,28-62H2,1-2H3,(H,66,69)/b17-15-,23-21-,27-26-. The van der Waals surface area contributed by atoms with Gasteiger partial charge in [-0.2, -0.15) is 0 Å². The van der Waals surface area contributed by atoms with Gasteiger partial charge in [-0.3, -0.25) is 4.79 Å². The summed E-state index contributed by atoms with van der Waals surface area (Å²) in [6, 6.07) is -0.535. The van der Waals surface area contributed by atoms with Gasteiger partial charge in [-0.15, -0.1) is 0 Å². The van der Waals surface area contributed by atoms with Crippen LogP contribution in [0.3, 0.4) is 0 Å². The van der Waals surface area contributed by atoms with Gasteiger partial charge in [0.15, 0.2) is 0 Å². The van der Waals surface area contributed by atoms with Gasteiger partial charge in [-0.05, 0) is 51.4 Å². The number of carbonyl (C=O) groups is 1. The highest BCUT2D eigenvalue weighted by atomic mass is 16.3. The highest BCUT2D eigenvalue weighted by Gasteiger charge is 2.20. The van der Waals surface area contributed by atoms with Crippen LogP contribution >= 0.6 is 0 Å². The molecule has 0 aliphatic carbocycles. The second kappa shape index (κ2) is 60.9. The number of hydrogen-bond acceptors (Lipinski definition) is 3. The summed E-state index contributed by atoms with van der Waals surface area (Å²) in [5.74, 6) is -0.0240. The van der Waals surface area contributed by atoms with Crippen LogP contribution in [-0.4, -0.2) is 34.9 Å². The molecular weight excluding hydrogens is 843 g/mol. The van der Waals surface area contributed by atoms with Crippen molar-refractivity contribution >= 4 is 5.91 Å². The predicted molar refractivity (Wildman–Crippen MR) is 308 cm³/mol. The average molecular weight is 969 g/mol. The molecule has 2 unspecified atom stereocenters. The molecule has 0 radical (unpaired) electrons. The van der Waals surface area contributed by atoms with Crippen LogP contribution in [0.1, 0.15) is 354 Å². The Labute approximate surface area is 433 Å². The first-order chi connectivity index (χ1) is 34.2. The summed E-state index contributed by atoms with van der Waals surface area (Å²) < 4.78 is 0. The Balaban J connectivity index is 3.39. The Kier molecular flexibility index (Phi) is 59.7. The second-order valence-electron chi connectivity index (χ2n) is 21.8. The fraction of sp³-hybridized carbons (Fsp3) is 0.892. The normalized spacial score (nSPS) is 12.9. The summed E-state index contributed by atoms with van der Waals surface area (Å²) in [6.45, 7) is 4.38. The Morgan fingerprint density at radius 3 is 0.884 bits per heavy atom. The highest BCUT2D eigenvalue weighted by Crippen LogP contribution is 2.18. The molecule has 3 N–H and O–H groups in total. The Hall–Kier alpha value is -1.39. The van der Waals surface area contributed by atoms with Gasteiger partial charge in [0, 0.05) is 6.42 Å². The van der Waals surface area contributed by atoms with Gasteiger partial charge in [0.2, 0.25) is 5.91 Å². The van der Waals surface area contributed by atoms with Gasteiger partial charge in [0.05, 0.1) is 18.8 Å². The van der Waals surface area contributed by atoms with Crippen LogP contribution in [0.2, 0.25) is 0 Å². The van der Waals surface area contributed by atoms with E-state index in [-0.39, 0.29) is 12.5 Å². The molecule has 0 aromatic rings. The van der Waals surface area contributed by atoms with E-state index >= 15 is 0 Å². The van der Waals surface area contributed by atoms with Crippen molar-refractivity contribution < 1.29 is 15.0 Å². The molecule has 0 aromatic heterocycles. The summed E-state index contributed by atoms with van der Waals surface area (Å²) >= 11 is 0. The first-order valence-corrected chi connectivity index (χ1v) is 31.7. The Bertz CT molecular complexity index is 1050. The molecule has 0 heterocycles. The average Bonchev–Trinajstić information content (AvgIpc) is 3.35. The molecule has 408 valence electrons. The number of aliphatic hydroxyl groups is 2. The van der Waals surface area contributed by atoms with E-state index in [2.05, 4.69) is 55.6 Å². The number of carbonyl (C=O) groups excluding carboxylic acids is 1. The number of hydrogen-bond donors (Lipinski definition) is 3. The number of nitrogens with one attached hydrogen (secondary N) is 1. The minimum atomic E-state index is -0.658. The zero-order chi connectivity index (χ0) is 49.9. The molecule has 2 atom stereocenters. The van der Waals surface area contributed by atoms with Crippen LogP contribution < -0.4 is 5.32 Å². The molecular formula is C65H125NO3. The minimum absolute atomic E-state index is 0.0240. The molecule has 1 amide bonds. The quantitative estimate of drug-likeness (QED) is 0.0420. The van der Waals surface area contributed by atoms with Crippen molar-refractivity contribution in [1.29, 1.82) is 0 Å². The van der Waals surface area contributed by atoms with E-state index in [0.717, 1.165) is 38.5 Å². The summed E-state index contributed by atoms with van der Waals surface area (Å²) in [4.78, 5) is 12.5. The Morgan fingerprint density at radius 1 is 0.348 bits per heavy atom. The van der Waals surface area contributed by atoms with E-state index in [1.807, 2.05) is 0 Å². The third kappa shape index (κ3) is 57.4. The lowest BCUT2D eigenvalue weighted by molar-refractivity contribution is -0.123. The summed E-state index contributed by atoms with van der Waals surface area (Å²) in [5, 5.41) is 23.4. The van der Waals surface area contributed by atoms with Gasteiger partial charge in [-0.25, -0.2) is 0 Å². The largest absolute Gasteiger partial charge is 0.394 e. The van der Waals surface area contributed by atoms with Crippen LogP contribution in [-0.2, 0) is 4.79 Å². The van der Waals surface area contributed by atoms with E-state index in [9.17, 15) is 15.0 Å². The van der Waals surface area contributed by atoms with Gasteiger partial charge in [0.25, 0.3) is 0 Å². The topological polar surface area (TPSA) is 69.6 Å². The fourth-order valence-electron chi connectivity index (χ4n) is 10.1. The molecule has 0 saturated heterocycles. The first kappa shape index (κ1) is 67.6. The number of allylic oxidation sites excluding steroid dienone is 6. The van der Waals surface area contributed by atoms with Gasteiger partial charge in [-0.1, -0.05) is 333 Å². The zero-order valence-corrected chi connectivity index (χ0v) is 47.1. The van der Waals surface area contributed by atoms with Crippen LogP contribution in [0.4, 0.5) is 0 Å². The van der Waals surface area contributed by atoms with Crippen molar-refractivity contribution in [3.8, 4) is 0 Å². The van der Waals surface area contributed by atoms with Crippen LogP contribution in [0, 0.1) is 0 Å². The molecule has 4 heteroatoms. The second-order valence-corrected chi connectivity index (χ2v) is 21.8. The van der Waals surface area contributed by atoms with Crippen LogP contribution in [0.5, 0.6) is 0 Å². The minimum Gasteiger partial charge on any atom is -0.394 e. The van der Waals surface area contributed by atoms with E-state index in [1.54, 1.807) is 0 Å². The third-order valence-corrected chi connectivity index (χ3v) is 14.9. The summed E-state index contributed by atoms with van der Waals surface area (Å²) in [5.41, 5.74) is 0. The van der Waals surface area contributed by atoms with Crippen molar-refractivity contribution in [2.45, 2.75) is 366 Å². The molecule has 0 saturated carbocycles. The summed E-state index contributed by atoms with van der Waals surface area (Å²) in [7, 11) is 0. The van der Waals surface area contributed by atoms with Crippen molar-refractivity contribution in [1.82, 2.24) is 5.32 Å². The molecule has 0 bridgehead atoms. The van der Waals surface area contributed by atoms with E-state index in [4.69, 9.17) is 0 Å². The van der Waals surface area contributed by atoms with Crippen molar-refractivity contribution in [2.75, 3.05) is 6.61 Å². The number of unbranched alkanes of at least 4 members (excludes halogenated alkanes) is 46. The fourth-order valence-corrected chi connectivity index (χ4v) is 10.1. The maximum Gasteiger partial charge on any atom is 0.220 e. The molecule has 4 nitrogen and oxygen atoms in total. The predicted octanol–water partition coefficient (Wildman–Crippen LogP) is 21.2. The molecule has 69 heavy (non-hydrogen) atoms. The van der Waals surface area contributed by atoms with Crippen molar-refractivity contribution in [3.63, 3.8) is 0 Å². The SMILES string of the molecule is CCCCCCC/C=C\C/C=C\C/C=C\CCCCCCCCCCCCCCCCCCCCCCCCC(=O)NC(CO)C(O)CCCCCCCCCCCCCCCCCCCCCC. The smallest absolute Gasteiger partial charge is 0.220 e. The molecule has 0 fully saturated rings. The zero-order valence-electron chi connectivity index (χ0n) is 47.1. The van der Waals surface area contributed by atoms with Gasteiger partial charge < -0.3 is 15.5 Å². The van der Waals surface area contributed by atoms with Crippen LogP contribution in [0.15, 0.2) is 36.5 Å². The number of aliphatic hydroxyl groups excluding tert-OH is 2. The molecule has 0 aromatic carbocycles. The number of rotatable bonds is 59.